The maximum atomic E-state index is 13.2. The molecule has 0 bridgehead atoms. The van der Waals surface area contributed by atoms with Crippen molar-refractivity contribution in [1.82, 2.24) is 4.90 Å². The summed E-state index contributed by atoms with van der Waals surface area (Å²) in [5.74, 6) is -1.43. The van der Waals surface area contributed by atoms with Crippen LogP contribution in [0, 0.1) is 5.92 Å². The predicted octanol–water partition coefficient (Wildman–Crippen LogP) is 2.99. The molecular formula is C22H26N2O7S2. The Labute approximate surface area is 200 Å². The number of carbonyl (C=O) groups excluding carboxylic acids is 3. The lowest BCUT2D eigenvalue weighted by Crippen LogP contribution is -2.43. The Bertz CT molecular complexity index is 935. The third-order valence-corrected chi connectivity index (χ3v) is 5.97. The average molecular weight is 495 g/mol. The Morgan fingerprint density at radius 3 is 2.58 bits per heavy atom. The fourth-order valence-corrected chi connectivity index (χ4v) is 4.34. The van der Waals surface area contributed by atoms with Crippen molar-refractivity contribution in [2.45, 2.75) is 23.8 Å². The monoisotopic (exact) mass is 494 g/mol. The van der Waals surface area contributed by atoms with Crippen molar-refractivity contribution in [2.24, 2.45) is 5.92 Å². The molecule has 1 fully saturated rings. The topological polar surface area (TPSA) is 128 Å². The first-order chi connectivity index (χ1) is 15.7. The van der Waals surface area contributed by atoms with Gasteiger partial charge in [0.25, 0.3) is 0 Å². The van der Waals surface area contributed by atoms with E-state index in [9.17, 15) is 24.0 Å². The summed E-state index contributed by atoms with van der Waals surface area (Å²) < 4.78 is 22.3. The maximum Gasteiger partial charge on any atom is 0.410 e. The third-order valence-electron chi connectivity index (χ3n) is 4.83. The number of hydrogen-bond acceptors (Lipinski definition) is 7. The van der Waals surface area contributed by atoms with E-state index in [2.05, 4.69) is 18.5 Å². The van der Waals surface area contributed by atoms with Crippen LogP contribution in [0.4, 0.5) is 10.5 Å². The van der Waals surface area contributed by atoms with Crippen LogP contribution in [0.1, 0.15) is 23.2 Å². The van der Waals surface area contributed by atoms with E-state index in [1.165, 1.54) is 41.5 Å². The van der Waals surface area contributed by atoms with Gasteiger partial charge in [-0.1, -0.05) is 25.3 Å². The van der Waals surface area contributed by atoms with Crippen molar-refractivity contribution >= 4 is 52.1 Å². The van der Waals surface area contributed by atoms with E-state index in [-0.39, 0.29) is 54.8 Å². The van der Waals surface area contributed by atoms with Crippen LogP contribution in [-0.4, -0.2) is 69.6 Å². The van der Waals surface area contributed by atoms with Crippen LogP contribution >= 0.6 is 12.2 Å². The van der Waals surface area contributed by atoms with Gasteiger partial charge in [-0.2, -0.15) is 0 Å². The highest BCUT2D eigenvalue weighted by Gasteiger charge is 2.41. The number of aliphatic hydroxyl groups excluding tert-OH is 1. The SMILES string of the molecule is C=CCOC(=O)c1ccc([S+](C)[O-])c(NC(=O)C2CC(CC(O)=S)CN2C(=O)OCC=C)c1. The van der Waals surface area contributed by atoms with Gasteiger partial charge < -0.3 is 24.4 Å². The first-order valence-electron chi connectivity index (χ1n) is 10.00. The minimum absolute atomic E-state index is 0.0138. The molecule has 1 aliphatic rings. The van der Waals surface area contributed by atoms with Gasteiger partial charge in [0.05, 0.1) is 11.3 Å². The van der Waals surface area contributed by atoms with Crippen molar-refractivity contribution in [2.75, 3.05) is 31.3 Å². The van der Waals surface area contributed by atoms with Gasteiger partial charge in [0.15, 0.2) is 9.95 Å². The zero-order chi connectivity index (χ0) is 24.5. The Morgan fingerprint density at radius 2 is 1.97 bits per heavy atom. The molecule has 1 heterocycles. The lowest BCUT2D eigenvalue weighted by atomic mass is 10.0. The van der Waals surface area contributed by atoms with Gasteiger partial charge in [0.2, 0.25) is 5.91 Å². The van der Waals surface area contributed by atoms with Gasteiger partial charge in [-0.25, -0.2) is 9.59 Å². The molecule has 0 spiro atoms. The molecule has 33 heavy (non-hydrogen) atoms. The highest BCUT2D eigenvalue weighted by atomic mass is 32.2. The summed E-state index contributed by atoms with van der Waals surface area (Å²) >= 11 is 3.28. The van der Waals surface area contributed by atoms with Crippen LogP contribution in [0.5, 0.6) is 0 Å². The number of amides is 2. The molecule has 1 aromatic rings. The summed E-state index contributed by atoms with van der Waals surface area (Å²) in [6, 6.07) is 3.37. The van der Waals surface area contributed by atoms with E-state index in [0.717, 1.165) is 0 Å². The van der Waals surface area contributed by atoms with Gasteiger partial charge in [0, 0.05) is 13.0 Å². The molecule has 178 valence electrons. The number of hydrogen-bond donors (Lipinski definition) is 2. The number of nitrogens with zero attached hydrogens (tertiary/aromatic N) is 1. The van der Waals surface area contributed by atoms with Gasteiger partial charge in [-0.15, -0.1) is 0 Å². The van der Waals surface area contributed by atoms with E-state index in [1.54, 1.807) is 0 Å². The zero-order valence-electron chi connectivity index (χ0n) is 18.2. The van der Waals surface area contributed by atoms with Crippen molar-refractivity contribution < 1.29 is 33.5 Å². The Kier molecular flexibility index (Phi) is 9.89. The Hall–Kier alpha value is -2.89. The number of ether oxygens (including phenoxy) is 2. The molecule has 0 radical (unpaired) electrons. The van der Waals surface area contributed by atoms with E-state index in [4.69, 9.17) is 21.7 Å². The summed E-state index contributed by atoms with van der Waals surface area (Å²) in [5, 5.41) is 11.9. The number of benzene rings is 1. The quantitative estimate of drug-likeness (QED) is 0.220. The largest absolute Gasteiger partial charge is 0.612 e. The molecule has 0 saturated carbocycles. The highest BCUT2D eigenvalue weighted by molar-refractivity contribution is 7.90. The minimum Gasteiger partial charge on any atom is -0.612 e. The van der Waals surface area contributed by atoms with Gasteiger partial charge >= 0.3 is 12.1 Å². The molecule has 3 unspecified atom stereocenters. The molecule has 2 rings (SSSR count). The van der Waals surface area contributed by atoms with Crippen LogP contribution in [0.3, 0.4) is 0 Å². The molecule has 3 atom stereocenters. The standard InChI is InChI=1S/C22H26N2O7S2/c1-4-8-30-21(27)15-6-7-18(33(3)29)16(12-15)23-20(26)17-10-14(11-19(25)32)13-24(17)22(28)31-9-5-2/h4-7,12,14,17H,1-2,8-11,13H2,3H3,(H,23,26)(H,25,32). The second kappa shape index (κ2) is 12.4. The first-order valence-corrected chi connectivity index (χ1v) is 12.0. The Morgan fingerprint density at radius 1 is 1.30 bits per heavy atom. The van der Waals surface area contributed by atoms with Crippen molar-refractivity contribution in [3.63, 3.8) is 0 Å². The number of carbonyl (C=O) groups is 3. The van der Waals surface area contributed by atoms with Crippen LogP contribution in [0.25, 0.3) is 0 Å². The second-order valence-electron chi connectivity index (χ2n) is 7.27. The number of rotatable bonds is 10. The second-order valence-corrected chi connectivity index (χ2v) is 9.09. The smallest absolute Gasteiger partial charge is 0.410 e. The molecule has 2 amide bonds. The summed E-state index contributed by atoms with van der Waals surface area (Å²) in [7, 11) is 0. The summed E-state index contributed by atoms with van der Waals surface area (Å²) in [6.45, 7) is 7.12. The molecule has 1 aromatic carbocycles. The third kappa shape index (κ3) is 7.31. The van der Waals surface area contributed by atoms with E-state index in [0.29, 0.717) is 4.90 Å². The van der Waals surface area contributed by atoms with Crippen molar-refractivity contribution in [3.8, 4) is 0 Å². The van der Waals surface area contributed by atoms with Gasteiger partial charge in [-0.3, -0.25) is 9.69 Å². The van der Waals surface area contributed by atoms with Gasteiger partial charge in [0.1, 0.15) is 25.5 Å². The summed E-state index contributed by atoms with van der Waals surface area (Å²) in [4.78, 5) is 39.4. The fraction of sp³-hybridized carbons (Fsp3) is 0.364. The molecule has 9 nitrogen and oxygen atoms in total. The molecule has 11 heteroatoms. The molecule has 2 N–H and O–H groups in total. The number of likely N-dealkylation sites (tertiary alicyclic amines) is 1. The van der Waals surface area contributed by atoms with E-state index < -0.39 is 35.2 Å². The van der Waals surface area contributed by atoms with E-state index in [1.807, 2.05) is 0 Å². The van der Waals surface area contributed by atoms with Crippen molar-refractivity contribution in [3.05, 3.63) is 49.1 Å². The number of thiocarbonyl (C=S) groups is 1. The van der Waals surface area contributed by atoms with Crippen LogP contribution < -0.4 is 5.32 Å². The fourth-order valence-electron chi connectivity index (χ4n) is 3.42. The number of nitrogens with one attached hydrogen (secondary N) is 1. The normalized spacial score (nSPS) is 18.2. The Balaban J connectivity index is 2.29. The van der Waals surface area contributed by atoms with Crippen LogP contribution in [0.15, 0.2) is 48.4 Å². The molecule has 0 aromatic heterocycles. The predicted molar refractivity (Wildman–Crippen MR) is 128 cm³/mol. The molecule has 1 saturated heterocycles. The summed E-state index contributed by atoms with van der Waals surface area (Å²) in [5.41, 5.74) is 0.313. The number of aliphatic hydroxyl groups is 1. The highest BCUT2D eigenvalue weighted by Crippen LogP contribution is 2.30. The lowest BCUT2D eigenvalue weighted by Gasteiger charge is -2.23. The number of anilines is 1. The maximum absolute atomic E-state index is 13.2. The number of esters is 1. The zero-order valence-corrected chi connectivity index (χ0v) is 19.8. The summed E-state index contributed by atoms with van der Waals surface area (Å²) in [6.07, 6.45) is 3.95. The average Bonchev–Trinajstić information content (AvgIpc) is 3.18. The van der Waals surface area contributed by atoms with Gasteiger partial charge in [-0.05, 0) is 53.9 Å². The van der Waals surface area contributed by atoms with Crippen molar-refractivity contribution in [1.29, 1.82) is 0 Å². The lowest BCUT2D eigenvalue weighted by molar-refractivity contribution is -0.120. The molecule has 1 aliphatic heterocycles. The molecular weight excluding hydrogens is 468 g/mol. The first kappa shape index (κ1) is 26.4. The molecule has 0 aliphatic carbocycles. The minimum atomic E-state index is -1.47. The van der Waals surface area contributed by atoms with E-state index >= 15 is 0 Å². The van der Waals surface area contributed by atoms with Crippen LogP contribution in [-0.2, 0) is 25.4 Å². The van der Waals surface area contributed by atoms with Crippen LogP contribution in [0.2, 0.25) is 0 Å².